The Bertz CT molecular complexity index is 179. The molecule has 1 aliphatic carbocycles. The monoisotopic (exact) mass is 210 g/mol. The van der Waals surface area contributed by atoms with Crippen LogP contribution < -0.4 is 10.6 Å². The molecule has 2 N–H and O–H groups in total. The van der Waals surface area contributed by atoms with E-state index in [4.69, 9.17) is 0 Å². The summed E-state index contributed by atoms with van der Waals surface area (Å²) in [5.41, 5.74) is 0.461. The molecule has 0 amide bonds. The first-order valence-corrected chi connectivity index (χ1v) is 6.74. The van der Waals surface area contributed by atoms with Gasteiger partial charge < -0.3 is 10.6 Å². The molecule has 2 fully saturated rings. The third-order valence-corrected chi connectivity index (χ3v) is 4.23. The number of hydrogen-bond acceptors (Lipinski definition) is 2. The van der Waals surface area contributed by atoms with E-state index in [0.717, 1.165) is 5.92 Å². The Morgan fingerprint density at radius 3 is 2.47 bits per heavy atom. The summed E-state index contributed by atoms with van der Waals surface area (Å²) in [4.78, 5) is 0. The van der Waals surface area contributed by atoms with Crippen LogP contribution in [-0.2, 0) is 0 Å². The first kappa shape index (κ1) is 11.4. The quantitative estimate of drug-likeness (QED) is 0.747. The Morgan fingerprint density at radius 2 is 1.80 bits per heavy atom. The predicted octanol–water partition coefficient (Wildman–Crippen LogP) is 2.30. The predicted molar refractivity (Wildman–Crippen MR) is 65.1 cm³/mol. The molecule has 0 radical (unpaired) electrons. The van der Waals surface area contributed by atoms with Crippen LogP contribution in [-0.4, -0.2) is 25.2 Å². The second kappa shape index (κ2) is 5.31. The number of piperidine rings is 1. The van der Waals surface area contributed by atoms with Crippen LogP contribution in [0.2, 0.25) is 0 Å². The van der Waals surface area contributed by atoms with Gasteiger partial charge in [0.1, 0.15) is 0 Å². The summed E-state index contributed by atoms with van der Waals surface area (Å²) in [7, 11) is 0. The van der Waals surface area contributed by atoms with E-state index in [-0.39, 0.29) is 0 Å². The van der Waals surface area contributed by atoms with E-state index in [2.05, 4.69) is 17.6 Å². The molecule has 88 valence electrons. The van der Waals surface area contributed by atoms with Crippen LogP contribution in [0.15, 0.2) is 0 Å². The smallest absolute Gasteiger partial charge is 0.0153 e. The Morgan fingerprint density at radius 1 is 1.13 bits per heavy atom. The lowest BCUT2D eigenvalue weighted by atomic mass is 9.82. The topological polar surface area (TPSA) is 24.1 Å². The van der Waals surface area contributed by atoms with Crippen molar-refractivity contribution in [1.82, 2.24) is 10.6 Å². The molecule has 0 aromatic rings. The van der Waals surface area contributed by atoms with Crippen molar-refractivity contribution in [2.45, 2.75) is 57.4 Å². The van der Waals surface area contributed by atoms with Gasteiger partial charge in [0.25, 0.3) is 0 Å². The molecule has 1 saturated carbocycles. The van der Waals surface area contributed by atoms with Crippen LogP contribution in [0.4, 0.5) is 0 Å². The maximum absolute atomic E-state index is 3.84. The highest BCUT2D eigenvalue weighted by molar-refractivity contribution is 4.87. The molecule has 1 saturated heterocycles. The molecule has 0 bridgehead atoms. The summed E-state index contributed by atoms with van der Waals surface area (Å²) in [5, 5.41) is 7.27. The fourth-order valence-corrected chi connectivity index (χ4v) is 2.99. The van der Waals surface area contributed by atoms with Crippen molar-refractivity contribution in [3.63, 3.8) is 0 Å². The van der Waals surface area contributed by atoms with E-state index in [0.29, 0.717) is 5.54 Å². The molecular formula is C13H26N2. The van der Waals surface area contributed by atoms with Crippen LogP contribution >= 0.6 is 0 Å². The van der Waals surface area contributed by atoms with E-state index in [1.54, 1.807) is 0 Å². The summed E-state index contributed by atoms with van der Waals surface area (Å²) in [6.07, 6.45) is 9.80. The van der Waals surface area contributed by atoms with Crippen LogP contribution in [0.25, 0.3) is 0 Å². The van der Waals surface area contributed by atoms with E-state index >= 15 is 0 Å². The minimum absolute atomic E-state index is 0.461. The number of nitrogens with one attached hydrogen (secondary N) is 2. The summed E-state index contributed by atoms with van der Waals surface area (Å²) < 4.78 is 0. The zero-order valence-electron chi connectivity index (χ0n) is 10.1. The lowest BCUT2D eigenvalue weighted by Crippen LogP contribution is -2.47. The van der Waals surface area contributed by atoms with Gasteiger partial charge in [0.2, 0.25) is 0 Å². The highest BCUT2D eigenvalue weighted by Crippen LogP contribution is 2.28. The lowest BCUT2D eigenvalue weighted by molar-refractivity contribution is 0.228. The molecule has 2 nitrogen and oxygen atoms in total. The van der Waals surface area contributed by atoms with Gasteiger partial charge in [-0.05, 0) is 58.2 Å². The molecule has 0 spiro atoms. The second-order valence-corrected chi connectivity index (χ2v) is 5.70. The van der Waals surface area contributed by atoms with Crippen LogP contribution in [0, 0.1) is 5.92 Å². The van der Waals surface area contributed by atoms with Gasteiger partial charge in [-0.2, -0.15) is 0 Å². The van der Waals surface area contributed by atoms with Crippen molar-refractivity contribution in [2.24, 2.45) is 5.92 Å². The van der Waals surface area contributed by atoms with Crippen molar-refractivity contribution < 1.29 is 0 Å². The highest BCUT2D eigenvalue weighted by Gasteiger charge is 2.27. The third kappa shape index (κ3) is 3.46. The standard InChI is InChI=1S/C13H26N2/c1-13(7-3-2-4-8-13)15-11-12-5-9-14-10-6-12/h12,14-15H,2-11H2,1H3. The molecule has 2 heteroatoms. The van der Waals surface area contributed by atoms with Gasteiger partial charge in [0, 0.05) is 5.54 Å². The normalized spacial score (nSPS) is 27.8. The Kier molecular flexibility index (Phi) is 4.04. The van der Waals surface area contributed by atoms with Crippen LogP contribution in [0.5, 0.6) is 0 Å². The Balaban J connectivity index is 1.70. The first-order valence-electron chi connectivity index (χ1n) is 6.74. The van der Waals surface area contributed by atoms with Gasteiger partial charge in [-0.3, -0.25) is 0 Å². The summed E-state index contributed by atoms with van der Waals surface area (Å²) in [5.74, 6) is 0.921. The van der Waals surface area contributed by atoms with Gasteiger partial charge in [0.15, 0.2) is 0 Å². The highest BCUT2D eigenvalue weighted by atomic mass is 15.0. The van der Waals surface area contributed by atoms with E-state index < -0.39 is 0 Å². The molecule has 1 aliphatic heterocycles. The zero-order chi connectivity index (χ0) is 10.6. The van der Waals surface area contributed by atoms with Crippen molar-refractivity contribution in [3.8, 4) is 0 Å². The largest absolute Gasteiger partial charge is 0.317 e. The molecule has 0 atom stereocenters. The van der Waals surface area contributed by atoms with Gasteiger partial charge in [-0.15, -0.1) is 0 Å². The van der Waals surface area contributed by atoms with Crippen molar-refractivity contribution >= 4 is 0 Å². The fraction of sp³-hybridized carbons (Fsp3) is 1.00. The second-order valence-electron chi connectivity index (χ2n) is 5.70. The number of hydrogen-bond donors (Lipinski definition) is 2. The van der Waals surface area contributed by atoms with Gasteiger partial charge in [-0.25, -0.2) is 0 Å². The molecular weight excluding hydrogens is 184 g/mol. The average Bonchev–Trinajstić information content (AvgIpc) is 2.29. The average molecular weight is 210 g/mol. The molecule has 0 aromatic heterocycles. The molecule has 2 rings (SSSR count). The maximum atomic E-state index is 3.84. The summed E-state index contributed by atoms with van der Waals surface area (Å²) in [6, 6.07) is 0. The fourth-order valence-electron chi connectivity index (χ4n) is 2.99. The van der Waals surface area contributed by atoms with Crippen molar-refractivity contribution in [3.05, 3.63) is 0 Å². The SMILES string of the molecule is CC1(NCC2CCNCC2)CCCCC1. The van der Waals surface area contributed by atoms with Crippen molar-refractivity contribution in [1.29, 1.82) is 0 Å². The van der Waals surface area contributed by atoms with E-state index in [1.807, 2.05) is 0 Å². The first-order chi connectivity index (χ1) is 7.29. The van der Waals surface area contributed by atoms with Gasteiger partial charge >= 0.3 is 0 Å². The molecule has 0 aromatic carbocycles. The number of rotatable bonds is 3. The minimum Gasteiger partial charge on any atom is -0.317 e. The molecule has 15 heavy (non-hydrogen) atoms. The van der Waals surface area contributed by atoms with Crippen LogP contribution in [0.1, 0.15) is 51.9 Å². The van der Waals surface area contributed by atoms with Crippen LogP contribution in [0.3, 0.4) is 0 Å². The molecule has 1 heterocycles. The van der Waals surface area contributed by atoms with Gasteiger partial charge in [0.05, 0.1) is 0 Å². The van der Waals surface area contributed by atoms with Gasteiger partial charge in [-0.1, -0.05) is 19.3 Å². The Labute approximate surface area is 94.2 Å². The van der Waals surface area contributed by atoms with Crippen molar-refractivity contribution in [2.75, 3.05) is 19.6 Å². The summed E-state index contributed by atoms with van der Waals surface area (Å²) in [6.45, 7) is 6.12. The molecule has 0 unspecified atom stereocenters. The minimum atomic E-state index is 0.461. The summed E-state index contributed by atoms with van der Waals surface area (Å²) >= 11 is 0. The Hall–Kier alpha value is -0.0800. The van der Waals surface area contributed by atoms with E-state index in [1.165, 1.54) is 64.6 Å². The molecule has 2 aliphatic rings. The third-order valence-electron chi connectivity index (χ3n) is 4.23. The lowest BCUT2D eigenvalue weighted by Gasteiger charge is -2.36. The zero-order valence-corrected chi connectivity index (χ0v) is 10.1. The maximum Gasteiger partial charge on any atom is 0.0153 e. The van der Waals surface area contributed by atoms with E-state index in [9.17, 15) is 0 Å².